The van der Waals surface area contributed by atoms with Gasteiger partial charge >= 0.3 is 0 Å². The number of sulfonamides is 1. The van der Waals surface area contributed by atoms with E-state index < -0.39 is 10.0 Å². The average molecular weight is 434 g/mol. The molecule has 8 nitrogen and oxygen atoms in total. The quantitative estimate of drug-likeness (QED) is 0.723. The van der Waals surface area contributed by atoms with Gasteiger partial charge in [0.25, 0.3) is 5.91 Å². The summed E-state index contributed by atoms with van der Waals surface area (Å²) in [6.45, 7) is 10.0. The maximum absolute atomic E-state index is 13.3. The van der Waals surface area contributed by atoms with Crippen molar-refractivity contribution in [3.63, 3.8) is 0 Å². The molecule has 2 heterocycles. The summed E-state index contributed by atoms with van der Waals surface area (Å²) in [6, 6.07) is 3.26. The highest BCUT2D eigenvalue weighted by Crippen LogP contribution is 2.28. The zero-order chi connectivity index (χ0) is 21.9. The van der Waals surface area contributed by atoms with E-state index in [-0.39, 0.29) is 10.8 Å². The zero-order valence-corrected chi connectivity index (χ0v) is 19.0. The molecule has 0 bridgehead atoms. The Kier molecular flexibility index (Phi) is 6.92. The van der Waals surface area contributed by atoms with Crippen LogP contribution in [0.2, 0.25) is 0 Å². The molecule has 9 heteroatoms. The first-order valence-electron chi connectivity index (χ1n) is 10.5. The molecular formula is C21H31N5O3S. The molecule has 1 amide bonds. The van der Waals surface area contributed by atoms with Crippen LogP contribution in [0.25, 0.3) is 0 Å². The Morgan fingerprint density at radius 1 is 1.23 bits per heavy atom. The fourth-order valence-corrected chi connectivity index (χ4v) is 5.51. The Bertz CT molecular complexity index is 1010. The van der Waals surface area contributed by atoms with Crippen LogP contribution in [-0.4, -0.2) is 53.0 Å². The van der Waals surface area contributed by atoms with Crippen LogP contribution in [0.3, 0.4) is 0 Å². The van der Waals surface area contributed by atoms with E-state index in [1.54, 1.807) is 23.6 Å². The van der Waals surface area contributed by atoms with Crippen molar-refractivity contribution in [3.8, 4) is 0 Å². The van der Waals surface area contributed by atoms with Crippen LogP contribution in [-0.2, 0) is 23.0 Å². The van der Waals surface area contributed by atoms with Crippen molar-refractivity contribution in [3.05, 3.63) is 41.0 Å². The molecule has 30 heavy (non-hydrogen) atoms. The van der Waals surface area contributed by atoms with E-state index in [9.17, 15) is 13.2 Å². The van der Waals surface area contributed by atoms with Crippen molar-refractivity contribution in [2.24, 2.45) is 5.92 Å². The van der Waals surface area contributed by atoms with Gasteiger partial charge in [-0.1, -0.05) is 6.92 Å². The molecule has 0 atom stereocenters. The van der Waals surface area contributed by atoms with E-state index >= 15 is 0 Å². The van der Waals surface area contributed by atoms with E-state index in [0.717, 1.165) is 30.8 Å². The van der Waals surface area contributed by atoms with Crippen LogP contribution in [0.4, 0.5) is 0 Å². The van der Waals surface area contributed by atoms with Gasteiger partial charge < -0.3 is 9.88 Å². The van der Waals surface area contributed by atoms with Crippen LogP contribution in [0.1, 0.15) is 54.0 Å². The number of piperidine rings is 1. The Morgan fingerprint density at radius 3 is 2.60 bits per heavy atom. The van der Waals surface area contributed by atoms with Crippen molar-refractivity contribution in [1.29, 1.82) is 0 Å². The van der Waals surface area contributed by atoms with Crippen LogP contribution in [0.5, 0.6) is 0 Å². The third-order valence-electron chi connectivity index (χ3n) is 5.91. The number of nitrogens with one attached hydrogen (secondary N) is 1. The maximum Gasteiger partial charge on any atom is 0.251 e. The van der Waals surface area contributed by atoms with Crippen molar-refractivity contribution >= 4 is 15.9 Å². The van der Waals surface area contributed by atoms with Crippen LogP contribution in [0.15, 0.2) is 23.4 Å². The molecule has 0 aliphatic carbocycles. The lowest BCUT2D eigenvalue weighted by molar-refractivity contribution is 0.0953. The lowest BCUT2D eigenvalue weighted by Crippen LogP contribution is -2.38. The predicted molar refractivity (Wildman–Crippen MR) is 115 cm³/mol. The van der Waals surface area contributed by atoms with Crippen molar-refractivity contribution in [2.45, 2.75) is 58.4 Å². The second-order valence-electron chi connectivity index (χ2n) is 8.04. The van der Waals surface area contributed by atoms with Crippen LogP contribution < -0.4 is 5.32 Å². The number of hydrogen-bond donors (Lipinski definition) is 1. The molecule has 0 radical (unpaired) electrons. The van der Waals surface area contributed by atoms with Gasteiger partial charge in [-0.15, -0.1) is 10.2 Å². The molecule has 2 aromatic rings. The van der Waals surface area contributed by atoms with Gasteiger partial charge in [-0.25, -0.2) is 8.42 Å². The molecule has 1 aromatic heterocycles. The number of carbonyl (C=O) groups is 1. The highest BCUT2D eigenvalue weighted by molar-refractivity contribution is 7.89. The second-order valence-corrected chi connectivity index (χ2v) is 9.95. The lowest BCUT2D eigenvalue weighted by atomic mass is 10.0. The van der Waals surface area contributed by atoms with E-state index in [2.05, 4.69) is 22.4 Å². The first kappa shape index (κ1) is 22.4. The molecule has 3 rings (SSSR count). The molecule has 164 valence electrons. The highest BCUT2D eigenvalue weighted by Gasteiger charge is 2.30. The molecule has 0 unspecified atom stereocenters. The van der Waals surface area contributed by atoms with Gasteiger partial charge in [-0.3, -0.25) is 4.79 Å². The molecular weight excluding hydrogens is 402 g/mol. The van der Waals surface area contributed by atoms with Gasteiger partial charge in [0.2, 0.25) is 10.0 Å². The summed E-state index contributed by atoms with van der Waals surface area (Å²) < 4.78 is 30.0. The first-order chi connectivity index (χ1) is 14.2. The SMILES string of the molecule is CCn1cnnc1CCNC(=O)c1cc(C)c(C)c(S(=O)(=O)N2CCC(C)CC2)c1. The number of carbonyl (C=O) groups excluding carboxylic acids is 1. The fourth-order valence-electron chi connectivity index (χ4n) is 3.72. The molecule has 1 saturated heterocycles. The zero-order valence-electron chi connectivity index (χ0n) is 18.2. The molecule has 0 saturated carbocycles. The van der Waals surface area contributed by atoms with E-state index in [0.29, 0.717) is 43.1 Å². The summed E-state index contributed by atoms with van der Waals surface area (Å²) in [5, 5.41) is 10.8. The van der Waals surface area contributed by atoms with E-state index in [4.69, 9.17) is 0 Å². The Labute approximate surface area is 178 Å². The van der Waals surface area contributed by atoms with Gasteiger partial charge in [0.15, 0.2) is 0 Å². The summed E-state index contributed by atoms with van der Waals surface area (Å²) in [4.78, 5) is 13.0. The van der Waals surface area contributed by atoms with Crippen molar-refractivity contribution in [1.82, 2.24) is 24.4 Å². The third kappa shape index (κ3) is 4.73. The number of benzene rings is 1. The van der Waals surface area contributed by atoms with Crippen molar-refractivity contribution < 1.29 is 13.2 Å². The van der Waals surface area contributed by atoms with Gasteiger partial charge in [0.05, 0.1) is 4.90 Å². The maximum atomic E-state index is 13.3. The summed E-state index contributed by atoms with van der Waals surface area (Å²) in [5.41, 5.74) is 1.84. The minimum atomic E-state index is -3.63. The molecule has 1 aromatic carbocycles. The fraction of sp³-hybridized carbons (Fsp3) is 0.571. The van der Waals surface area contributed by atoms with Gasteiger partial charge in [0, 0.05) is 38.2 Å². The first-order valence-corrected chi connectivity index (χ1v) is 11.9. The highest BCUT2D eigenvalue weighted by atomic mass is 32.2. The Morgan fingerprint density at radius 2 is 1.93 bits per heavy atom. The number of hydrogen-bond acceptors (Lipinski definition) is 5. The lowest BCUT2D eigenvalue weighted by Gasteiger charge is -2.30. The molecule has 1 aliphatic heterocycles. The summed E-state index contributed by atoms with van der Waals surface area (Å²) >= 11 is 0. The minimum absolute atomic E-state index is 0.230. The number of amides is 1. The Balaban J connectivity index is 1.76. The topological polar surface area (TPSA) is 97.2 Å². The number of aromatic nitrogens is 3. The van der Waals surface area contributed by atoms with Crippen molar-refractivity contribution in [2.75, 3.05) is 19.6 Å². The Hall–Kier alpha value is -2.26. The number of nitrogens with zero attached hydrogens (tertiary/aromatic N) is 4. The summed E-state index contributed by atoms with van der Waals surface area (Å²) in [6.07, 6.45) is 3.94. The summed E-state index contributed by atoms with van der Waals surface area (Å²) in [5.74, 6) is 1.06. The van der Waals surface area contributed by atoms with Gasteiger partial charge in [-0.2, -0.15) is 4.31 Å². The summed E-state index contributed by atoms with van der Waals surface area (Å²) in [7, 11) is -3.63. The predicted octanol–water partition coefficient (Wildman–Crippen LogP) is 2.31. The smallest absolute Gasteiger partial charge is 0.251 e. The van der Waals surface area contributed by atoms with Gasteiger partial charge in [0.1, 0.15) is 12.2 Å². The van der Waals surface area contributed by atoms with Crippen LogP contribution in [0, 0.1) is 19.8 Å². The molecule has 0 spiro atoms. The standard InChI is InChI=1S/C21H31N5O3S/c1-5-25-14-23-24-20(25)6-9-22-21(27)18-12-16(3)17(4)19(13-18)30(28,29)26-10-7-15(2)8-11-26/h12-15H,5-11H2,1-4H3,(H,22,27). The normalized spacial score (nSPS) is 16.0. The minimum Gasteiger partial charge on any atom is -0.352 e. The largest absolute Gasteiger partial charge is 0.352 e. The van der Waals surface area contributed by atoms with E-state index in [1.165, 1.54) is 6.07 Å². The second kappa shape index (κ2) is 9.26. The monoisotopic (exact) mass is 433 g/mol. The molecule has 1 N–H and O–H groups in total. The molecule has 1 fully saturated rings. The molecule has 1 aliphatic rings. The van der Waals surface area contributed by atoms with E-state index in [1.807, 2.05) is 18.4 Å². The number of aryl methyl sites for hydroxylation is 2. The average Bonchev–Trinajstić information content (AvgIpc) is 3.17. The third-order valence-corrected chi connectivity index (χ3v) is 7.94. The number of rotatable bonds is 7. The van der Waals surface area contributed by atoms with Crippen LogP contribution >= 0.6 is 0 Å². The van der Waals surface area contributed by atoms with Gasteiger partial charge in [-0.05, 0) is 62.8 Å².